The van der Waals surface area contributed by atoms with Crippen LogP contribution in [0.1, 0.15) is 67.8 Å². The van der Waals surface area contributed by atoms with Crippen molar-refractivity contribution in [1.29, 1.82) is 0 Å². The molecule has 1 aliphatic heterocycles. The van der Waals surface area contributed by atoms with Crippen LogP contribution in [0.5, 0.6) is 5.75 Å². The Morgan fingerprint density at radius 2 is 1.78 bits per heavy atom. The van der Waals surface area contributed by atoms with Crippen molar-refractivity contribution in [1.82, 2.24) is 9.80 Å². The van der Waals surface area contributed by atoms with Crippen molar-refractivity contribution in [3.8, 4) is 5.75 Å². The summed E-state index contributed by atoms with van der Waals surface area (Å²) in [5.74, 6) is 1.57. The van der Waals surface area contributed by atoms with E-state index in [2.05, 4.69) is 36.1 Å². The van der Waals surface area contributed by atoms with E-state index in [9.17, 15) is 9.59 Å². The van der Waals surface area contributed by atoms with Crippen LogP contribution in [0.25, 0.3) is 0 Å². The first-order valence-corrected chi connectivity index (χ1v) is 13.6. The highest BCUT2D eigenvalue weighted by molar-refractivity contribution is 6.34. The number of hydrogen-bond acceptors (Lipinski definition) is 3. The Morgan fingerprint density at radius 1 is 1.08 bits per heavy atom. The van der Waals surface area contributed by atoms with Gasteiger partial charge < -0.3 is 14.5 Å². The number of carbonyl (C=O) groups is 2. The lowest BCUT2D eigenvalue weighted by atomic mass is 9.63. The molecule has 0 bridgehead atoms. The van der Waals surface area contributed by atoms with Crippen molar-refractivity contribution in [3.05, 3.63) is 64.7 Å². The molecule has 3 fully saturated rings. The lowest BCUT2D eigenvalue weighted by molar-refractivity contribution is -0.142. The maximum Gasteiger partial charge on any atom is 0.254 e. The smallest absolute Gasteiger partial charge is 0.254 e. The second-order valence-electron chi connectivity index (χ2n) is 11.4. The number of amides is 2. The Morgan fingerprint density at radius 3 is 2.36 bits per heavy atom. The van der Waals surface area contributed by atoms with Crippen LogP contribution in [0.15, 0.2) is 48.5 Å². The molecule has 2 aromatic carbocycles. The fraction of sp³-hybridized carbons (Fsp3) is 0.533. The van der Waals surface area contributed by atoms with Gasteiger partial charge in [0.05, 0.1) is 22.1 Å². The number of benzene rings is 2. The largest absolute Gasteiger partial charge is 0.491 e. The van der Waals surface area contributed by atoms with Gasteiger partial charge in [-0.05, 0) is 80.5 Å². The van der Waals surface area contributed by atoms with E-state index in [1.165, 1.54) is 16.9 Å². The molecule has 0 N–H and O–H groups in total. The van der Waals surface area contributed by atoms with Crippen LogP contribution >= 0.6 is 11.6 Å². The minimum absolute atomic E-state index is 0.0665. The summed E-state index contributed by atoms with van der Waals surface area (Å²) in [5, 5.41) is 0.415. The average Bonchev–Trinajstić information content (AvgIpc) is 3.49. The molecule has 1 saturated heterocycles. The summed E-state index contributed by atoms with van der Waals surface area (Å²) >= 11 is 6.35. The molecule has 0 aromatic heterocycles. The van der Waals surface area contributed by atoms with Crippen LogP contribution in [0.2, 0.25) is 5.02 Å². The van der Waals surface area contributed by atoms with Gasteiger partial charge in [-0.25, -0.2) is 0 Å². The monoisotopic (exact) mass is 508 g/mol. The van der Waals surface area contributed by atoms with Gasteiger partial charge >= 0.3 is 0 Å². The van der Waals surface area contributed by atoms with Gasteiger partial charge in [-0.1, -0.05) is 48.4 Å². The van der Waals surface area contributed by atoms with Gasteiger partial charge in [-0.15, -0.1) is 0 Å². The SMILES string of the molecule is CC(C[C@H]1CC12CCN(C(=O)C1(c3ccccc3)CCC1)CC2)Oc1ccc(C(=O)N(C)C)c(Cl)c1. The number of rotatable bonds is 7. The van der Waals surface area contributed by atoms with Crippen LogP contribution in [0.3, 0.4) is 0 Å². The number of ether oxygens (including phenoxy) is 1. The van der Waals surface area contributed by atoms with Gasteiger partial charge in [0.25, 0.3) is 5.91 Å². The van der Waals surface area contributed by atoms with E-state index in [0.717, 1.165) is 51.6 Å². The zero-order valence-corrected chi connectivity index (χ0v) is 22.4. The van der Waals surface area contributed by atoms with E-state index in [0.29, 0.717) is 33.6 Å². The third kappa shape index (κ3) is 4.63. The second kappa shape index (κ2) is 9.74. The van der Waals surface area contributed by atoms with Crippen LogP contribution in [0, 0.1) is 11.3 Å². The highest BCUT2D eigenvalue weighted by Gasteiger charge is 2.56. The first-order valence-electron chi connectivity index (χ1n) is 13.3. The molecule has 6 heteroatoms. The third-order valence-corrected chi connectivity index (χ3v) is 9.19. The summed E-state index contributed by atoms with van der Waals surface area (Å²) in [6, 6.07) is 15.7. The summed E-state index contributed by atoms with van der Waals surface area (Å²) in [7, 11) is 3.43. The summed E-state index contributed by atoms with van der Waals surface area (Å²) in [4.78, 5) is 29.5. The maximum absolute atomic E-state index is 13.6. The van der Waals surface area contributed by atoms with Crippen molar-refractivity contribution in [2.45, 2.75) is 63.4 Å². The lowest BCUT2D eigenvalue weighted by Crippen LogP contribution is -2.53. The predicted octanol–water partition coefficient (Wildman–Crippen LogP) is 5.95. The van der Waals surface area contributed by atoms with Gasteiger partial charge in [0.15, 0.2) is 0 Å². The zero-order chi connectivity index (χ0) is 25.5. The molecule has 5 rings (SSSR count). The second-order valence-corrected chi connectivity index (χ2v) is 11.8. The number of carbonyl (C=O) groups excluding carboxylic acids is 2. The molecule has 1 heterocycles. The highest BCUT2D eigenvalue weighted by atomic mass is 35.5. The maximum atomic E-state index is 13.6. The quantitative estimate of drug-likeness (QED) is 0.464. The lowest BCUT2D eigenvalue weighted by Gasteiger charge is -2.46. The van der Waals surface area contributed by atoms with E-state index in [1.807, 2.05) is 12.1 Å². The van der Waals surface area contributed by atoms with Gasteiger partial charge in [0.1, 0.15) is 5.75 Å². The molecular formula is C30H37ClN2O3. The molecule has 2 aliphatic carbocycles. The van der Waals surface area contributed by atoms with E-state index in [4.69, 9.17) is 16.3 Å². The topological polar surface area (TPSA) is 49.9 Å². The van der Waals surface area contributed by atoms with E-state index < -0.39 is 0 Å². The molecule has 2 atom stereocenters. The van der Waals surface area contributed by atoms with Crippen LogP contribution in [-0.4, -0.2) is 54.9 Å². The van der Waals surface area contributed by atoms with E-state index in [1.54, 1.807) is 26.2 Å². The number of halogens is 1. The molecule has 36 heavy (non-hydrogen) atoms. The Labute approximate surface area is 219 Å². The highest BCUT2D eigenvalue weighted by Crippen LogP contribution is 2.61. The molecule has 0 radical (unpaired) electrons. The van der Waals surface area contributed by atoms with E-state index in [-0.39, 0.29) is 17.4 Å². The summed E-state index contributed by atoms with van der Waals surface area (Å²) in [6.07, 6.45) is 7.56. The van der Waals surface area contributed by atoms with Crippen molar-refractivity contribution >= 4 is 23.4 Å². The minimum Gasteiger partial charge on any atom is -0.491 e. The normalized spacial score (nSPS) is 22.4. The molecule has 2 saturated carbocycles. The summed E-state index contributed by atoms with van der Waals surface area (Å²) < 4.78 is 6.18. The fourth-order valence-corrected chi connectivity index (χ4v) is 6.66. The average molecular weight is 509 g/mol. The first-order chi connectivity index (χ1) is 17.2. The van der Waals surface area contributed by atoms with Crippen LogP contribution < -0.4 is 4.74 Å². The van der Waals surface area contributed by atoms with Gasteiger partial charge in [0.2, 0.25) is 5.91 Å². The Balaban J connectivity index is 1.13. The molecule has 2 amide bonds. The Hall–Kier alpha value is -2.53. The fourth-order valence-electron chi connectivity index (χ4n) is 6.41. The molecule has 192 valence electrons. The summed E-state index contributed by atoms with van der Waals surface area (Å²) in [6.45, 7) is 3.85. The molecule has 1 unspecified atom stereocenters. The van der Waals surface area contributed by atoms with Gasteiger partial charge in [-0.3, -0.25) is 9.59 Å². The minimum atomic E-state index is -0.287. The number of hydrogen-bond donors (Lipinski definition) is 0. The standard InChI is InChI=1S/C30H37ClN2O3/c1-21(36-24-10-11-25(26(31)19-24)27(34)32(2)3)18-23-20-29(23)14-16-33(17-15-29)28(35)30(12-7-13-30)22-8-5-4-6-9-22/h4-6,8-11,19,21,23H,7,12-18,20H2,1-3H3/t21?,23-/m0/s1. The molecular weight excluding hydrogens is 472 g/mol. The van der Waals surface area contributed by atoms with Crippen LogP contribution in [0.4, 0.5) is 0 Å². The summed E-state index contributed by atoms with van der Waals surface area (Å²) in [5.41, 5.74) is 1.76. The molecule has 5 nitrogen and oxygen atoms in total. The van der Waals surface area contributed by atoms with Gasteiger partial charge in [0, 0.05) is 27.2 Å². The van der Waals surface area contributed by atoms with Crippen molar-refractivity contribution < 1.29 is 14.3 Å². The van der Waals surface area contributed by atoms with Crippen molar-refractivity contribution in [3.63, 3.8) is 0 Å². The van der Waals surface area contributed by atoms with E-state index >= 15 is 0 Å². The first kappa shape index (κ1) is 25.1. The number of likely N-dealkylation sites (tertiary alicyclic amines) is 1. The Bertz CT molecular complexity index is 1120. The Kier molecular flexibility index (Phi) is 6.80. The molecule has 3 aliphatic rings. The van der Waals surface area contributed by atoms with Crippen LogP contribution in [-0.2, 0) is 10.2 Å². The molecule has 2 aromatic rings. The number of piperidine rings is 1. The van der Waals surface area contributed by atoms with Crippen molar-refractivity contribution in [2.24, 2.45) is 11.3 Å². The third-order valence-electron chi connectivity index (χ3n) is 8.88. The van der Waals surface area contributed by atoms with Crippen molar-refractivity contribution in [2.75, 3.05) is 27.2 Å². The molecule has 1 spiro atoms. The number of nitrogens with zero attached hydrogens (tertiary/aromatic N) is 2. The van der Waals surface area contributed by atoms with Gasteiger partial charge in [-0.2, -0.15) is 0 Å². The zero-order valence-electron chi connectivity index (χ0n) is 21.6. The predicted molar refractivity (Wildman–Crippen MR) is 143 cm³/mol.